The molecule has 0 amide bonds. The Balaban J connectivity index is 2.21. The van der Waals surface area contributed by atoms with Crippen LogP contribution in [0.4, 0.5) is 0 Å². The van der Waals surface area contributed by atoms with E-state index in [0.717, 1.165) is 0 Å². The van der Waals surface area contributed by atoms with Gasteiger partial charge < -0.3 is 9.73 Å². The summed E-state index contributed by atoms with van der Waals surface area (Å²) >= 11 is 0. The average Bonchev–Trinajstić information content (AvgIpc) is 2.78. The van der Waals surface area contributed by atoms with E-state index in [1.165, 1.54) is 0 Å². The zero-order valence-corrected chi connectivity index (χ0v) is 8.93. The first-order valence-corrected chi connectivity index (χ1v) is 5.00. The van der Waals surface area contributed by atoms with Crippen molar-refractivity contribution in [3.05, 3.63) is 53.7 Å². The first kappa shape index (κ1) is 10.6. The zero-order valence-electron chi connectivity index (χ0n) is 8.93. The Labute approximate surface area is 93.3 Å². The summed E-state index contributed by atoms with van der Waals surface area (Å²) < 4.78 is 5.32. The van der Waals surface area contributed by atoms with E-state index in [0.29, 0.717) is 17.9 Å². The molecule has 0 fully saturated rings. The summed E-state index contributed by atoms with van der Waals surface area (Å²) in [6.07, 6.45) is 1.56. The number of nitrogens with zero attached hydrogens (tertiary/aromatic N) is 1. The Bertz CT molecular complexity index is 477. The minimum absolute atomic E-state index is 0.136. The lowest BCUT2D eigenvalue weighted by Crippen LogP contribution is -2.04. The number of rotatable bonds is 4. The summed E-state index contributed by atoms with van der Waals surface area (Å²) in [5, 5.41) is 2.93. The molecule has 2 rings (SSSR count). The van der Waals surface area contributed by atoms with Crippen molar-refractivity contribution in [1.29, 1.82) is 0 Å². The van der Waals surface area contributed by atoms with E-state index in [1.807, 2.05) is 18.2 Å². The number of oxazole rings is 1. The Morgan fingerprint density at radius 2 is 2.12 bits per heavy atom. The first-order chi connectivity index (χ1) is 7.81. The number of aromatic nitrogens is 1. The number of benzene rings is 1. The van der Waals surface area contributed by atoms with Gasteiger partial charge in [0.15, 0.2) is 0 Å². The van der Waals surface area contributed by atoms with E-state index >= 15 is 0 Å². The summed E-state index contributed by atoms with van der Waals surface area (Å²) in [5.41, 5.74) is 0.584. The minimum Gasteiger partial charge on any atom is -0.437 e. The summed E-state index contributed by atoms with van der Waals surface area (Å²) in [5.74, 6) is 0.598. The number of carbonyl (C=O) groups excluding carboxylic acids is 1. The molecule has 0 aliphatic carbocycles. The van der Waals surface area contributed by atoms with Gasteiger partial charge in [-0.2, -0.15) is 0 Å². The number of hydrogen-bond donors (Lipinski definition) is 1. The SMILES string of the molecule is CNCc1cnc(C(=O)c2ccccc2)o1. The van der Waals surface area contributed by atoms with Crippen molar-refractivity contribution in [2.24, 2.45) is 0 Å². The fourth-order valence-corrected chi connectivity index (χ4v) is 1.38. The molecule has 1 aromatic carbocycles. The predicted molar refractivity (Wildman–Crippen MR) is 59.1 cm³/mol. The highest BCUT2D eigenvalue weighted by Crippen LogP contribution is 2.10. The van der Waals surface area contributed by atoms with Crippen molar-refractivity contribution >= 4 is 5.78 Å². The van der Waals surface area contributed by atoms with E-state index in [1.54, 1.807) is 25.4 Å². The molecule has 4 nitrogen and oxygen atoms in total. The van der Waals surface area contributed by atoms with E-state index in [9.17, 15) is 4.79 Å². The van der Waals surface area contributed by atoms with Gasteiger partial charge in [-0.05, 0) is 7.05 Å². The molecular formula is C12H12N2O2. The molecule has 2 aromatic rings. The van der Waals surface area contributed by atoms with Crippen LogP contribution in [0, 0.1) is 0 Å². The molecule has 0 aliphatic heterocycles. The molecule has 0 bridgehead atoms. The van der Waals surface area contributed by atoms with E-state index < -0.39 is 0 Å². The van der Waals surface area contributed by atoms with E-state index in [-0.39, 0.29) is 11.7 Å². The average molecular weight is 216 g/mol. The molecule has 0 atom stereocenters. The monoisotopic (exact) mass is 216 g/mol. The summed E-state index contributed by atoms with van der Waals surface area (Å²) in [7, 11) is 1.81. The third-order valence-corrected chi connectivity index (χ3v) is 2.13. The number of hydrogen-bond acceptors (Lipinski definition) is 4. The fraction of sp³-hybridized carbons (Fsp3) is 0.167. The number of nitrogens with one attached hydrogen (secondary N) is 1. The van der Waals surface area contributed by atoms with Crippen LogP contribution in [0.15, 0.2) is 40.9 Å². The second-order valence-corrected chi connectivity index (χ2v) is 3.36. The Hall–Kier alpha value is -1.94. The van der Waals surface area contributed by atoms with Crippen LogP contribution in [0.5, 0.6) is 0 Å². The van der Waals surface area contributed by atoms with Gasteiger partial charge in [0, 0.05) is 5.56 Å². The van der Waals surface area contributed by atoms with Gasteiger partial charge in [-0.1, -0.05) is 30.3 Å². The third kappa shape index (κ3) is 2.17. The molecule has 0 unspecified atom stereocenters. The second kappa shape index (κ2) is 4.72. The van der Waals surface area contributed by atoms with Gasteiger partial charge in [-0.3, -0.25) is 4.79 Å². The maximum Gasteiger partial charge on any atom is 0.268 e. The molecule has 0 saturated carbocycles. The van der Waals surface area contributed by atoms with Crippen LogP contribution in [0.2, 0.25) is 0 Å². The highest BCUT2D eigenvalue weighted by molar-refractivity contribution is 6.05. The lowest BCUT2D eigenvalue weighted by Gasteiger charge is -1.95. The van der Waals surface area contributed by atoms with Gasteiger partial charge in [-0.15, -0.1) is 0 Å². The third-order valence-electron chi connectivity index (χ3n) is 2.13. The van der Waals surface area contributed by atoms with Crippen LogP contribution < -0.4 is 5.32 Å². The van der Waals surface area contributed by atoms with E-state index in [4.69, 9.17) is 4.42 Å². The van der Waals surface area contributed by atoms with Crippen molar-refractivity contribution in [3.63, 3.8) is 0 Å². The molecule has 82 valence electrons. The standard InChI is InChI=1S/C12H12N2O2/c1-13-7-10-8-14-12(16-10)11(15)9-5-3-2-4-6-9/h2-6,8,13H,7H2,1H3. The summed E-state index contributed by atoms with van der Waals surface area (Å²) in [6.45, 7) is 0.565. The largest absolute Gasteiger partial charge is 0.437 e. The summed E-state index contributed by atoms with van der Waals surface area (Å²) in [6, 6.07) is 8.96. The number of ketones is 1. The Morgan fingerprint density at radius 3 is 2.81 bits per heavy atom. The Kier molecular flexibility index (Phi) is 3.12. The lowest BCUT2D eigenvalue weighted by molar-refractivity contribution is 0.100. The van der Waals surface area contributed by atoms with E-state index in [2.05, 4.69) is 10.3 Å². The van der Waals surface area contributed by atoms with Crippen LogP contribution in [-0.2, 0) is 6.54 Å². The molecule has 0 spiro atoms. The molecule has 16 heavy (non-hydrogen) atoms. The smallest absolute Gasteiger partial charge is 0.268 e. The zero-order chi connectivity index (χ0) is 11.4. The van der Waals surface area contributed by atoms with Gasteiger partial charge in [0.2, 0.25) is 5.78 Å². The van der Waals surface area contributed by atoms with Crippen LogP contribution >= 0.6 is 0 Å². The second-order valence-electron chi connectivity index (χ2n) is 3.36. The highest BCUT2D eigenvalue weighted by atomic mass is 16.4. The quantitative estimate of drug-likeness (QED) is 0.789. The lowest BCUT2D eigenvalue weighted by atomic mass is 10.1. The highest BCUT2D eigenvalue weighted by Gasteiger charge is 2.14. The van der Waals surface area contributed by atoms with Gasteiger partial charge in [0.25, 0.3) is 5.89 Å². The predicted octanol–water partition coefficient (Wildman–Crippen LogP) is 1.62. The molecule has 1 N–H and O–H groups in total. The first-order valence-electron chi connectivity index (χ1n) is 5.00. The maximum atomic E-state index is 11.9. The van der Waals surface area contributed by atoms with Crippen molar-refractivity contribution in [1.82, 2.24) is 10.3 Å². The summed E-state index contributed by atoms with van der Waals surface area (Å²) in [4.78, 5) is 15.8. The van der Waals surface area contributed by atoms with Gasteiger partial charge >= 0.3 is 0 Å². The van der Waals surface area contributed by atoms with Crippen LogP contribution in [0.3, 0.4) is 0 Å². The number of carbonyl (C=O) groups is 1. The molecule has 0 saturated heterocycles. The molecular weight excluding hydrogens is 204 g/mol. The Morgan fingerprint density at radius 1 is 1.38 bits per heavy atom. The van der Waals surface area contributed by atoms with Crippen LogP contribution in [0.1, 0.15) is 22.0 Å². The minimum atomic E-state index is -0.192. The molecule has 4 heteroatoms. The van der Waals surface area contributed by atoms with Gasteiger partial charge in [0.05, 0.1) is 12.7 Å². The van der Waals surface area contributed by atoms with Crippen molar-refractivity contribution in [2.45, 2.75) is 6.54 Å². The van der Waals surface area contributed by atoms with Gasteiger partial charge in [0.1, 0.15) is 5.76 Å². The van der Waals surface area contributed by atoms with Crippen LogP contribution in [0.25, 0.3) is 0 Å². The normalized spacial score (nSPS) is 10.3. The van der Waals surface area contributed by atoms with Crippen molar-refractivity contribution < 1.29 is 9.21 Å². The van der Waals surface area contributed by atoms with Gasteiger partial charge in [-0.25, -0.2) is 4.98 Å². The molecule has 1 aromatic heterocycles. The van der Waals surface area contributed by atoms with Crippen molar-refractivity contribution in [2.75, 3.05) is 7.05 Å². The molecule has 0 radical (unpaired) electrons. The molecule has 0 aliphatic rings. The van der Waals surface area contributed by atoms with Crippen molar-refractivity contribution in [3.8, 4) is 0 Å². The maximum absolute atomic E-state index is 11.9. The molecule has 1 heterocycles. The topological polar surface area (TPSA) is 55.1 Å². The van der Waals surface area contributed by atoms with Crippen LogP contribution in [-0.4, -0.2) is 17.8 Å². The fourth-order valence-electron chi connectivity index (χ4n) is 1.38.